The second-order valence-corrected chi connectivity index (χ2v) is 14.1. The molecule has 0 unspecified atom stereocenters. The highest BCUT2D eigenvalue weighted by Gasteiger charge is 2.25. The summed E-state index contributed by atoms with van der Waals surface area (Å²) in [7, 11) is 0. The molecule has 0 aliphatic heterocycles. The topological polar surface area (TPSA) is 138 Å². The molecule has 4 aromatic rings. The number of aryl methyl sites for hydroxylation is 1. The van der Waals surface area contributed by atoms with Crippen LogP contribution in [0.5, 0.6) is 0 Å². The number of nitrogens with zero attached hydrogens (tertiary/aromatic N) is 2. The maximum absolute atomic E-state index is 12.5. The first kappa shape index (κ1) is 37.0. The highest BCUT2D eigenvalue weighted by Crippen LogP contribution is 2.35. The summed E-state index contributed by atoms with van der Waals surface area (Å²) in [5.41, 5.74) is 4.22. The van der Waals surface area contributed by atoms with Gasteiger partial charge in [-0.3, -0.25) is 0 Å². The number of hydrogen-bond donors (Lipinski definition) is 0. The van der Waals surface area contributed by atoms with Gasteiger partial charge in [-0.15, -0.1) is 11.8 Å². The minimum atomic E-state index is -0.542. The second-order valence-electron chi connectivity index (χ2n) is 13.2. The zero-order valence-corrected chi connectivity index (χ0v) is 29.8. The Morgan fingerprint density at radius 3 is 1.68 bits per heavy atom. The molecule has 10 nitrogen and oxygen atoms in total. The quantitative estimate of drug-likeness (QED) is 0.0689. The van der Waals surface area contributed by atoms with Crippen LogP contribution < -0.4 is 11.3 Å². The molecular formula is C36H42N2O8S. The van der Waals surface area contributed by atoms with Gasteiger partial charge in [-0.25, -0.2) is 19.2 Å². The molecular weight excluding hydrogens is 620 g/mol. The Bertz CT molecular complexity index is 2020. The highest BCUT2D eigenvalue weighted by atomic mass is 32.2. The molecule has 2 aromatic carbocycles. The molecule has 0 radical (unpaired) electrons. The van der Waals surface area contributed by atoms with E-state index in [1.54, 1.807) is 37.7 Å². The molecule has 47 heavy (non-hydrogen) atoms. The Hall–Kier alpha value is -4.51. The number of fused-ring (bicyclic) bond motifs is 2. The average molecular weight is 663 g/mol. The van der Waals surface area contributed by atoms with Gasteiger partial charge in [-0.2, -0.15) is 0 Å². The summed E-state index contributed by atoms with van der Waals surface area (Å²) in [5.74, 6) is -1.08. The van der Waals surface area contributed by atoms with Gasteiger partial charge in [0.1, 0.15) is 11.2 Å². The van der Waals surface area contributed by atoms with Crippen LogP contribution in [0.25, 0.3) is 21.9 Å². The summed E-state index contributed by atoms with van der Waals surface area (Å²) >= 11 is 1.62. The van der Waals surface area contributed by atoms with Gasteiger partial charge in [0.25, 0.3) is 0 Å². The van der Waals surface area contributed by atoms with Crippen LogP contribution in [0.1, 0.15) is 97.1 Å². The van der Waals surface area contributed by atoms with Crippen LogP contribution in [0.4, 0.5) is 0 Å². The van der Waals surface area contributed by atoms with E-state index >= 15 is 0 Å². The summed E-state index contributed by atoms with van der Waals surface area (Å²) in [5, 5.41) is 8.97. The number of carbonyl (C=O) groups excluding carboxylic acids is 2. The lowest BCUT2D eigenvalue weighted by Gasteiger charge is -2.26. The number of thioether (sulfide) groups is 1. The lowest BCUT2D eigenvalue weighted by atomic mass is 9.79. The fraction of sp³-hybridized carbons (Fsp3) is 0.389. The van der Waals surface area contributed by atoms with E-state index in [1.165, 1.54) is 13.8 Å². The van der Waals surface area contributed by atoms with Crippen molar-refractivity contribution in [1.29, 1.82) is 0 Å². The maximum Gasteiger partial charge on any atom is 0.345 e. The normalized spacial score (nSPS) is 12.5. The maximum atomic E-state index is 12.5. The average Bonchev–Trinajstić information content (AvgIpc) is 2.96. The molecule has 0 bridgehead atoms. The molecule has 0 saturated carbocycles. The van der Waals surface area contributed by atoms with Gasteiger partial charge < -0.3 is 18.5 Å². The van der Waals surface area contributed by atoms with Gasteiger partial charge in [-0.1, -0.05) is 57.9 Å². The molecule has 4 rings (SSSR count). The number of carbonyl (C=O) groups is 2. The van der Waals surface area contributed by atoms with Gasteiger partial charge in [0.15, 0.2) is 0 Å². The Morgan fingerprint density at radius 1 is 0.702 bits per heavy atom. The summed E-state index contributed by atoms with van der Waals surface area (Å²) in [6, 6.07) is 11.4. The lowest BCUT2D eigenvalue weighted by molar-refractivity contribution is -0.141. The molecule has 250 valence electrons. The van der Waals surface area contributed by atoms with Crippen molar-refractivity contribution in [1.82, 2.24) is 0 Å². The van der Waals surface area contributed by atoms with Crippen molar-refractivity contribution < 1.29 is 28.1 Å². The molecule has 2 heterocycles. The van der Waals surface area contributed by atoms with E-state index in [0.29, 0.717) is 22.6 Å². The number of hydrogen-bond acceptors (Lipinski definition) is 11. The van der Waals surface area contributed by atoms with Crippen LogP contribution in [0, 0.1) is 6.92 Å². The summed E-state index contributed by atoms with van der Waals surface area (Å²) in [4.78, 5) is 56.5. The van der Waals surface area contributed by atoms with Crippen molar-refractivity contribution in [2.24, 2.45) is 10.3 Å². The fourth-order valence-corrected chi connectivity index (χ4v) is 5.19. The monoisotopic (exact) mass is 662 g/mol. The van der Waals surface area contributed by atoms with Gasteiger partial charge in [-0.05, 0) is 79.3 Å². The Kier molecular flexibility index (Phi) is 11.4. The van der Waals surface area contributed by atoms with Crippen LogP contribution in [0.2, 0.25) is 0 Å². The van der Waals surface area contributed by atoms with E-state index < -0.39 is 23.2 Å². The largest absolute Gasteiger partial charge is 0.422 e. The van der Waals surface area contributed by atoms with Crippen molar-refractivity contribution in [3.8, 4) is 0 Å². The molecule has 0 N–H and O–H groups in total. The molecule has 0 aliphatic carbocycles. The first-order chi connectivity index (χ1) is 21.7. The van der Waals surface area contributed by atoms with Gasteiger partial charge in [0.2, 0.25) is 0 Å². The van der Waals surface area contributed by atoms with E-state index in [-0.39, 0.29) is 22.0 Å². The third-order valence-electron chi connectivity index (χ3n) is 7.16. The zero-order valence-electron chi connectivity index (χ0n) is 29.0. The van der Waals surface area contributed by atoms with Gasteiger partial charge >= 0.3 is 23.2 Å². The predicted molar refractivity (Wildman–Crippen MR) is 187 cm³/mol. The van der Waals surface area contributed by atoms with E-state index in [1.807, 2.05) is 31.4 Å². The van der Waals surface area contributed by atoms with Crippen LogP contribution in [-0.4, -0.2) is 29.6 Å². The highest BCUT2D eigenvalue weighted by molar-refractivity contribution is 7.98. The Balaban J connectivity index is 0.000000261. The van der Waals surface area contributed by atoms with Crippen LogP contribution in [0.15, 0.2) is 70.0 Å². The van der Waals surface area contributed by atoms with Crippen LogP contribution in [0.3, 0.4) is 0 Å². The fourth-order valence-electron chi connectivity index (χ4n) is 4.56. The molecule has 0 atom stereocenters. The lowest BCUT2D eigenvalue weighted by Crippen LogP contribution is -2.19. The first-order valence-electron chi connectivity index (χ1n) is 14.9. The van der Waals surface area contributed by atoms with Crippen molar-refractivity contribution >= 4 is 57.1 Å². The van der Waals surface area contributed by atoms with E-state index in [2.05, 4.69) is 67.6 Å². The van der Waals surface area contributed by atoms with Gasteiger partial charge in [0, 0.05) is 35.1 Å². The minimum absolute atomic E-state index is 0.0502. The third kappa shape index (κ3) is 9.28. The molecule has 11 heteroatoms. The molecule has 0 spiro atoms. The molecule has 0 amide bonds. The van der Waals surface area contributed by atoms with Crippen LogP contribution >= 0.6 is 11.8 Å². The van der Waals surface area contributed by atoms with Crippen molar-refractivity contribution in [3.63, 3.8) is 0 Å². The van der Waals surface area contributed by atoms with E-state index in [9.17, 15) is 19.2 Å². The minimum Gasteiger partial charge on any atom is -0.422 e. The van der Waals surface area contributed by atoms with Crippen molar-refractivity contribution in [2.75, 3.05) is 6.26 Å². The number of oxime groups is 2. The van der Waals surface area contributed by atoms with Crippen molar-refractivity contribution in [2.45, 2.75) is 91.9 Å². The van der Waals surface area contributed by atoms with E-state index in [0.717, 1.165) is 32.4 Å². The van der Waals surface area contributed by atoms with E-state index in [4.69, 9.17) is 8.83 Å². The summed E-state index contributed by atoms with van der Waals surface area (Å²) < 4.78 is 11.0. The summed E-state index contributed by atoms with van der Waals surface area (Å²) in [6.45, 7) is 20.4. The molecule has 0 aliphatic rings. The zero-order chi connectivity index (χ0) is 35.4. The SMILES string of the molecule is CC(=O)O/N=C(\C)c1cc2cc(C(C)(C)C)cc(C(C)(C)C)c2oc1=O.CSc1cc2cc(C(C)=NOC(C)=O)c(=O)oc2cc1C. The Morgan fingerprint density at radius 2 is 1.21 bits per heavy atom. The second kappa shape index (κ2) is 14.5. The van der Waals surface area contributed by atoms with Crippen molar-refractivity contribution in [3.05, 3.63) is 85.1 Å². The molecule has 0 saturated heterocycles. The number of benzene rings is 2. The smallest absolute Gasteiger partial charge is 0.345 e. The predicted octanol–water partition coefficient (Wildman–Crippen LogP) is 7.79. The standard InChI is InChI=1S/C21H27NO4.C15H15NO4S/c1-12(22-26-13(2)23)16-10-14-9-15(20(3,4)5)11-17(21(6,7)8)18(14)25-19(16)24;1-8-5-13-11(7-14(8)21-4)6-12(15(18)19-13)9(2)16-20-10(3)17/h9-11H,1-8H3;5-7H,1-4H3/b22-12+;. The third-order valence-corrected chi connectivity index (χ3v) is 8.04. The Labute approximate surface area is 278 Å². The number of rotatable bonds is 5. The first-order valence-corrected chi connectivity index (χ1v) is 16.2. The van der Waals surface area contributed by atoms with Crippen LogP contribution in [-0.2, 0) is 30.1 Å². The van der Waals surface area contributed by atoms with Gasteiger partial charge in [0.05, 0.1) is 22.6 Å². The summed E-state index contributed by atoms with van der Waals surface area (Å²) in [6.07, 6.45) is 1.99. The molecule has 0 fully saturated rings. The molecule has 2 aromatic heterocycles.